The van der Waals surface area contributed by atoms with E-state index in [1.807, 2.05) is 7.05 Å². The largest absolute Gasteiger partial charge is 0.434 e. The van der Waals surface area contributed by atoms with Gasteiger partial charge in [0.2, 0.25) is 11.8 Å². The van der Waals surface area contributed by atoms with E-state index < -0.39 is 5.76 Å². The molecule has 9 heteroatoms. The summed E-state index contributed by atoms with van der Waals surface area (Å²) in [7, 11) is 1.83. The van der Waals surface area contributed by atoms with Crippen molar-refractivity contribution in [2.45, 2.75) is 43.9 Å². The number of carbonyl (C=O) groups is 1. The highest BCUT2D eigenvalue weighted by atomic mass is 16.4. The van der Waals surface area contributed by atoms with Crippen molar-refractivity contribution in [3.8, 4) is 0 Å². The number of aromatic amines is 1. The molecule has 128 valence electrons. The van der Waals surface area contributed by atoms with Crippen LogP contribution in [-0.4, -0.2) is 48.9 Å². The van der Waals surface area contributed by atoms with E-state index >= 15 is 0 Å². The van der Waals surface area contributed by atoms with Gasteiger partial charge in [0.05, 0.1) is 12.3 Å². The Hall–Kier alpha value is -2.45. The lowest BCUT2D eigenvalue weighted by molar-refractivity contribution is -0.131. The second-order valence-corrected chi connectivity index (χ2v) is 6.59. The van der Waals surface area contributed by atoms with Crippen LogP contribution in [0.4, 0.5) is 0 Å². The molecule has 1 aliphatic heterocycles. The van der Waals surface area contributed by atoms with Crippen LogP contribution in [0.3, 0.4) is 0 Å². The average Bonchev–Trinajstić information content (AvgIpc) is 3.24. The summed E-state index contributed by atoms with van der Waals surface area (Å²) in [5.41, 5.74) is 0. The molecule has 1 saturated carbocycles. The third-order valence-electron chi connectivity index (χ3n) is 4.70. The number of hydrogen-bond donors (Lipinski definition) is 1. The third kappa shape index (κ3) is 2.98. The first-order valence-corrected chi connectivity index (χ1v) is 8.33. The number of piperidine rings is 1. The normalized spacial score (nSPS) is 21.2. The second kappa shape index (κ2) is 5.88. The van der Waals surface area contributed by atoms with Gasteiger partial charge in [0.25, 0.3) is 0 Å². The van der Waals surface area contributed by atoms with Gasteiger partial charge in [-0.05, 0) is 25.7 Å². The minimum atomic E-state index is -0.555. The first kappa shape index (κ1) is 15.1. The Kier molecular flexibility index (Phi) is 3.70. The highest BCUT2D eigenvalue weighted by Gasteiger charge is 2.31. The molecule has 2 aromatic rings. The average molecular weight is 332 g/mol. The van der Waals surface area contributed by atoms with Crippen LogP contribution in [0.1, 0.15) is 55.1 Å². The zero-order chi connectivity index (χ0) is 16.7. The maximum atomic E-state index is 12.6. The van der Waals surface area contributed by atoms with Crippen molar-refractivity contribution in [2.75, 3.05) is 13.1 Å². The van der Waals surface area contributed by atoms with Crippen LogP contribution in [0.15, 0.2) is 9.21 Å². The summed E-state index contributed by atoms with van der Waals surface area (Å²) in [5, 5.41) is 10.6. The van der Waals surface area contributed by atoms with Crippen LogP contribution in [0.5, 0.6) is 0 Å². The van der Waals surface area contributed by atoms with Gasteiger partial charge in [-0.2, -0.15) is 5.10 Å². The predicted octanol–water partition coefficient (Wildman–Crippen LogP) is 0.317. The van der Waals surface area contributed by atoms with E-state index in [1.54, 1.807) is 9.58 Å². The van der Waals surface area contributed by atoms with Gasteiger partial charge in [-0.3, -0.25) is 9.48 Å². The summed E-state index contributed by atoms with van der Waals surface area (Å²) >= 11 is 0. The summed E-state index contributed by atoms with van der Waals surface area (Å²) in [4.78, 5) is 30.0. The predicted molar refractivity (Wildman–Crippen MR) is 82.4 cm³/mol. The molecule has 0 radical (unpaired) electrons. The van der Waals surface area contributed by atoms with Crippen LogP contribution in [-0.2, 0) is 18.3 Å². The molecule has 1 amide bonds. The summed E-state index contributed by atoms with van der Waals surface area (Å²) in [6, 6.07) is 0. The molecular formula is C15H20N6O3. The van der Waals surface area contributed by atoms with Gasteiger partial charge in [-0.1, -0.05) is 0 Å². The minimum absolute atomic E-state index is 0.0235. The maximum absolute atomic E-state index is 12.6. The van der Waals surface area contributed by atoms with Crippen molar-refractivity contribution < 1.29 is 9.21 Å². The fourth-order valence-electron chi connectivity index (χ4n) is 3.18. The van der Waals surface area contributed by atoms with E-state index in [0.29, 0.717) is 30.7 Å². The molecule has 1 N–H and O–H groups in total. The van der Waals surface area contributed by atoms with Gasteiger partial charge < -0.3 is 9.32 Å². The molecule has 9 nitrogen and oxygen atoms in total. The first-order chi connectivity index (χ1) is 11.6. The zero-order valence-corrected chi connectivity index (χ0v) is 13.6. The van der Waals surface area contributed by atoms with E-state index in [4.69, 9.17) is 4.42 Å². The molecule has 2 fully saturated rings. The van der Waals surface area contributed by atoms with Crippen molar-refractivity contribution >= 4 is 5.91 Å². The molecule has 0 bridgehead atoms. The maximum Gasteiger partial charge on any atom is 0.434 e. The quantitative estimate of drug-likeness (QED) is 0.863. The van der Waals surface area contributed by atoms with Crippen LogP contribution < -0.4 is 5.76 Å². The Morgan fingerprint density at radius 1 is 1.33 bits per heavy atom. The summed E-state index contributed by atoms with van der Waals surface area (Å²) in [5.74, 6) is 1.85. The first-order valence-electron chi connectivity index (χ1n) is 8.33. The highest BCUT2D eigenvalue weighted by molar-refractivity contribution is 5.78. The van der Waals surface area contributed by atoms with E-state index in [1.165, 1.54) is 0 Å². The number of likely N-dealkylation sites (tertiary alicyclic amines) is 1. The van der Waals surface area contributed by atoms with Crippen LogP contribution in [0.2, 0.25) is 0 Å². The Balaban J connectivity index is 1.43. The molecule has 0 spiro atoms. The molecule has 2 aromatic heterocycles. The Morgan fingerprint density at radius 2 is 2.17 bits per heavy atom. The molecule has 1 aliphatic carbocycles. The van der Waals surface area contributed by atoms with E-state index in [2.05, 4.69) is 20.3 Å². The molecule has 24 heavy (non-hydrogen) atoms. The lowest BCUT2D eigenvalue weighted by Gasteiger charge is -2.31. The molecular weight excluding hydrogens is 312 g/mol. The number of aryl methyl sites for hydroxylation is 1. The van der Waals surface area contributed by atoms with Gasteiger partial charge in [-0.25, -0.2) is 14.9 Å². The molecule has 3 heterocycles. The number of nitrogens with one attached hydrogen (secondary N) is 1. The summed E-state index contributed by atoms with van der Waals surface area (Å²) in [6.45, 7) is 1.22. The van der Waals surface area contributed by atoms with Gasteiger partial charge in [0.1, 0.15) is 5.82 Å². The van der Waals surface area contributed by atoms with Crippen molar-refractivity contribution in [3.63, 3.8) is 0 Å². The van der Waals surface area contributed by atoms with Gasteiger partial charge >= 0.3 is 5.76 Å². The molecule has 4 rings (SSSR count). The number of H-pyrrole nitrogens is 1. The molecule has 1 unspecified atom stereocenters. The highest BCUT2D eigenvalue weighted by Crippen LogP contribution is 2.38. The fourth-order valence-corrected chi connectivity index (χ4v) is 3.18. The fraction of sp³-hybridized carbons (Fsp3) is 0.667. The van der Waals surface area contributed by atoms with E-state index in [9.17, 15) is 9.59 Å². The van der Waals surface area contributed by atoms with Crippen molar-refractivity contribution in [3.05, 3.63) is 28.1 Å². The molecule has 1 saturated heterocycles. The van der Waals surface area contributed by atoms with Crippen molar-refractivity contribution in [1.29, 1.82) is 0 Å². The van der Waals surface area contributed by atoms with Gasteiger partial charge in [0, 0.05) is 26.1 Å². The third-order valence-corrected chi connectivity index (χ3v) is 4.70. The smallest absolute Gasteiger partial charge is 0.392 e. The number of nitrogens with zero attached hydrogens (tertiary/aromatic N) is 5. The Labute approximate surface area is 138 Å². The van der Waals surface area contributed by atoms with Gasteiger partial charge in [-0.15, -0.1) is 5.10 Å². The van der Waals surface area contributed by atoms with Gasteiger partial charge in [0.15, 0.2) is 5.82 Å². The zero-order valence-electron chi connectivity index (χ0n) is 13.6. The SMILES string of the molecule is Cn1nc(C2CC2)nc1CC(=O)N1CCCC(c2n[nH]c(=O)o2)C1. The number of carbonyl (C=O) groups excluding carboxylic acids is 1. The van der Waals surface area contributed by atoms with E-state index in [0.717, 1.165) is 31.5 Å². The standard InChI is InChI=1S/C15H20N6O3/c1-20-11(16-13(19-20)9-4-5-9)7-12(22)21-6-2-3-10(8-21)14-17-18-15(23)24-14/h9-10H,2-8H2,1H3,(H,18,23). The topological polar surface area (TPSA) is 110 Å². The molecule has 2 aliphatic rings. The number of hydrogen-bond acceptors (Lipinski definition) is 6. The van der Waals surface area contributed by atoms with Crippen LogP contribution in [0.25, 0.3) is 0 Å². The van der Waals surface area contributed by atoms with Crippen molar-refractivity contribution in [2.24, 2.45) is 7.05 Å². The lowest BCUT2D eigenvalue weighted by atomic mass is 9.98. The summed E-state index contributed by atoms with van der Waals surface area (Å²) < 4.78 is 6.75. The van der Waals surface area contributed by atoms with Crippen LogP contribution in [0, 0.1) is 0 Å². The summed E-state index contributed by atoms with van der Waals surface area (Å²) in [6.07, 6.45) is 4.24. The Bertz CT molecular complexity index is 802. The number of amides is 1. The monoisotopic (exact) mass is 332 g/mol. The molecule has 0 aromatic carbocycles. The van der Waals surface area contributed by atoms with Crippen molar-refractivity contribution in [1.82, 2.24) is 29.9 Å². The Morgan fingerprint density at radius 3 is 2.88 bits per heavy atom. The number of aromatic nitrogens is 5. The van der Waals surface area contributed by atoms with E-state index in [-0.39, 0.29) is 18.2 Å². The molecule has 1 atom stereocenters. The minimum Gasteiger partial charge on any atom is -0.392 e. The second-order valence-electron chi connectivity index (χ2n) is 6.59. The number of rotatable bonds is 4. The van der Waals surface area contributed by atoms with Crippen LogP contribution >= 0.6 is 0 Å². The lowest BCUT2D eigenvalue weighted by Crippen LogP contribution is -2.40.